The first-order valence-corrected chi connectivity index (χ1v) is 15.8. The number of carbonyl (C=O) groups excluding carboxylic acids is 1. The summed E-state index contributed by atoms with van der Waals surface area (Å²) < 4.78 is 18.2. The molecule has 0 heterocycles. The van der Waals surface area contributed by atoms with E-state index in [-0.39, 0.29) is 10.8 Å². The zero-order chi connectivity index (χ0) is 27.4. The lowest BCUT2D eigenvalue weighted by molar-refractivity contribution is -0.111. The van der Waals surface area contributed by atoms with Gasteiger partial charge < -0.3 is 13.9 Å². The maximum absolute atomic E-state index is 12.5. The van der Waals surface area contributed by atoms with Crippen LogP contribution in [0.25, 0.3) is 0 Å². The maximum atomic E-state index is 12.5. The van der Waals surface area contributed by atoms with Crippen molar-refractivity contribution in [2.45, 2.75) is 135 Å². The average Bonchev–Trinajstić information content (AvgIpc) is 2.79. The Bertz CT molecular complexity index is 796. The van der Waals surface area contributed by atoms with Crippen molar-refractivity contribution in [1.29, 1.82) is 0 Å². The van der Waals surface area contributed by atoms with Gasteiger partial charge in [-0.1, -0.05) is 99.3 Å². The Morgan fingerprint density at radius 3 is 2.00 bits per heavy atom. The third-order valence-electron chi connectivity index (χ3n) is 6.28. The quantitative estimate of drug-likeness (QED) is 0.156. The van der Waals surface area contributed by atoms with Gasteiger partial charge in [-0.25, -0.2) is 0 Å². The molecule has 1 unspecified atom stereocenters. The van der Waals surface area contributed by atoms with Crippen LogP contribution in [0.1, 0.15) is 124 Å². The second kappa shape index (κ2) is 16.0. The van der Waals surface area contributed by atoms with Crippen molar-refractivity contribution in [3.63, 3.8) is 0 Å². The van der Waals surface area contributed by atoms with Gasteiger partial charge in [0.15, 0.2) is 5.12 Å². The molecule has 0 saturated heterocycles. The van der Waals surface area contributed by atoms with Crippen molar-refractivity contribution in [1.82, 2.24) is 0 Å². The maximum Gasteiger partial charge on any atom is 0.310 e. The van der Waals surface area contributed by atoms with Gasteiger partial charge in [-0.05, 0) is 36.1 Å². The van der Waals surface area contributed by atoms with Crippen LogP contribution in [0.2, 0.25) is 6.04 Å². The SMILES string of the molecule is CCCCCCCC(=O)SC(CCC)CC[Si]Oc1cc(OC)c(C(C)(C)C)c(OC)c1C(C)(C)C. The lowest BCUT2D eigenvalue weighted by atomic mass is 9.78. The highest BCUT2D eigenvalue weighted by atomic mass is 32.2. The number of hydrogen-bond acceptors (Lipinski definition) is 5. The summed E-state index contributed by atoms with van der Waals surface area (Å²) in [5.41, 5.74) is 1.87. The lowest BCUT2D eigenvalue weighted by Crippen LogP contribution is -2.22. The highest BCUT2D eigenvalue weighted by Gasteiger charge is 2.33. The second-order valence-electron chi connectivity index (χ2n) is 11.7. The fourth-order valence-electron chi connectivity index (χ4n) is 4.53. The largest absolute Gasteiger partial charge is 0.540 e. The van der Waals surface area contributed by atoms with Crippen LogP contribution < -0.4 is 13.9 Å². The van der Waals surface area contributed by atoms with Gasteiger partial charge in [0.2, 0.25) is 0 Å². The summed E-state index contributed by atoms with van der Waals surface area (Å²) in [5, 5.41) is 0.736. The zero-order valence-electron chi connectivity index (χ0n) is 24.8. The summed E-state index contributed by atoms with van der Waals surface area (Å²) in [6.45, 7) is 17.6. The molecule has 0 saturated carbocycles. The average molecular weight is 537 g/mol. The molecular formula is C30H52O4SSi. The molecule has 1 aromatic carbocycles. The summed E-state index contributed by atoms with van der Waals surface area (Å²) in [4.78, 5) is 12.5. The van der Waals surface area contributed by atoms with Gasteiger partial charge in [0, 0.05) is 28.9 Å². The van der Waals surface area contributed by atoms with E-state index in [0.717, 1.165) is 60.1 Å². The molecule has 0 aromatic heterocycles. The molecule has 0 N–H and O–H groups in total. The molecule has 206 valence electrons. The van der Waals surface area contributed by atoms with Crippen molar-refractivity contribution < 1.29 is 18.7 Å². The molecule has 1 rings (SSSR count). The third kappa shape index (κ3) is 10.7. The van der Waals surface area contributed by atoms with Gasteiger partial charge in [-0.15, -0.1) is 0 Å². The minimum absolute atomic E-state index is 0.134. The van der Waals surface area contributed by atoms with Crippen LogP contribution in [0.5, 0.6) is 17.2 Å². The monoisotopic (exact) mass is 536 g/mol. The number of ether oxygens (including phenoxy) is 2. The van der Waals surface area contributed by atoms with Gasteiger partial charge in [-0.3, -0.25) is 4.79 Å². The fourth-order valence-corrected chi connectivity index (χ4v) is 6.85. The van der Waals surface area contributed by atoms with Crippen molar-refractivity contribution >= 4 is 26.6 Å². The highest BCUT2D eigenvalue weighted by Crippen LogP contribution is 2.49. The second-order valence-corrected chi connectivity index (χ2v) is 14.1. The minimum atomic E-state index is -0.151. The molecule has 0 fully saturated rings. The van der Waals surface area contributed by atoms with Crippen molar-refractivity contribution in [2.75, 3.05) is 14.2 Å². The molecule has 0 aliphatic heterocycles. The number of methoxy groups -OCH3 is 2. The molecule has 1 aromatic rings. The van der Waals surface area contributed by atoms with E-state index < -0.39 is 0 Å². The number of thioether (sulfide) groups is 1. The molecule has 0 aliphatic rings. The van der Waals surface area contributed by atoms with E-state index >= 15 is 0 Å². The molecule has 4 nitrogen and oxygen atoms in total. The first-order chi connectivity index (χ1) is 16.9. The first kappa shape index (κ1) is 32.9. The van der Waals surface area contributed by atoms with Gasteiger partial charge in [0.1, 0.15) is 17.2 Å². The van der Waals surface area contributed by atoms with Crippen molar-refractivity contribution in [3.8, 4) is 17.2 Å². The normalized spacial score (nSPS) is 12.9. The van der Waals surface area contributed by atoms with E-state index in [1.54, 1.807) is 26.0 Å². The van der Waals surface area contributed by atoms with E-state index in [4.69, 9.17) is 13.9 Å². The molecule has 0 spiro atoms. The standard InChI is InChI=1S/C30H52O4SSi/c1-11-13-14-15-16-18-25(31)35-22(17-12-2)19-20-36-34-24-21-23(32-9)26(29(3,4)5)28(33-10)27(24)30(6,7)8/h21-22H,11-20H2,1-10H3. The Morgan fingerprint density at radius 1 is 0.861 bits per heavy atom. The predicted molar refractivity (Wildman–Crippen MR) is 157 cm³/mol. The van der Waals surface area contributed by atoms with Crippen molar-refractivity contribution in [3.05, 3.63) is 17.2 Å². The summed E-state index contributed by atoms with van der Waals surface area (Å²) in [6, 6.07) is 2.98. The minimum Gasteiger partial charge on any atom is -0.540 e. The van der Waals surface area contributed by atoms with Gasteiger partial charge in [0.25, 0.3) is 0 Å². The number of rotatable bonds is 16. The Kier molecular flexibility index (Phi) is 14.6. The van der Waals surface area contributed by atoms with Crippen LogP contribution in [0.3, 0.4) is 0 Å². The first-order valence-electron chi connectivity index (χ1n) is 13.8. The van der Waals surface area contributed by atoms with Gasteiger partial charge in [-0.2, -0.15) is 0 Å². The molecule has 6 heteroatoms. The van der Waals surface area contributed by atoms with E-state index in [1.165, 1.54) is 25.7 Å². The summed E-state index contributed by atoms with van der Waals surface area (Å²) in [5.74, 6) is 2.50. The Hall–Kier alpha value is -1.14. The lowest BCUT2D eigenvalue weighted by Gasteiger charge is -2.32. The van der Waals surface area contributed by atoms with E-state index in [2.05, 4.69) is 55.4 Å². The van der Waals surface area contributed by atoms with Crippen LogP contribution in [-0.4, -0.2) is 34.3 Å². The van der Waals surface area contributed by atoms with Gasteiger partial charge >= 0.3 is 9.76 Å². The van der Waals surface area contributed by atoms with E-state index in [9.17, 15) is 4.79 Å². The third-order valence-corrected chi connectivity index (χ3v) is 8.41. The van der Waals surface area contributed by atoms with Gasteiger partial charge in [0.05, 0.1) is 14.2 Å². The van der Waals surface area contributed by atoms with Crippen molar-refractivity contribution in [2.24, 2.45) is 0 Å². The van der Waals surface area contributed by atoms with Crippen LogP contribution in [0, 0.1) is 0 Å². The summed E-state index contributed by atoms with van der Waals surface area (Å²) in [7, 11) is 3.77. The smallest absolute Gasteiger partial charge is 0.310 e. The molecule has 1 atom stereocenters. The zero-order valence-corrected chi connectivity index (χ0v) is 26.6. The summed E-state index contributed by atoms with van der Waals surface area (Å²) in [6.07, 6.45) is 9.84. The topological polar surface area (TPSA) is 44.8 Å². The molecule has 0 aliphatic carbocycles. The number of benzene rings is 1. The Morgan fingerprint density at radius 2 is 1.47 bits per heavy atom. The predicted octanol–water partition coefficient (Wildman–Crippen LogP) is 8.89. The van der Waals surface area contributed by atoms with E-state index in [1.807, 2.05) is 6.07 Å². The molecule has 2 radical (unpaired) electrons. The highest BCUT2D eigenvalue weighted by molar-refractivity contribution is 8.14. The van der Waals surface area contributed by atoms with Crippen LogP contribution in [-0.2, 0) is 15.6 Å². The van der Waals surface area contributed by atoms with Crippen LogP contribution in [0.4, 0.5) is 0 Å². The molecule has 36 heavy (non-hydrogen) atoms. The van der Waals surface area contributed by atoms with Crippen LogP contribution in [0.15, 0.2) is 6.07 Å². The molecule has 0 bridgehead atoms. The molecular weight excluding hydrogens is 484 g/mol. The Balaban J connectivity index is 2.90. The number of carbonyl (C=O) groups is 1. The Labute approximate surface area is 229 Å². The molecule has 0 amide bonds. The van der Waals surface area contributed by atoms with Crippen LogP contribution >= 0.6 is 11.8 Å². The summed E-state index contributed by atoms with van der Waals surface area (Å²) >= 11 is 1.57. The fraction of sp³-hybridized carbons (Fsp3) is 0.767. The number of unbranched alkanes of at least 4 members (excludes halogenated alkanes) is 4. The van der Waals surface area contributed by atoms with E-state index in [0.29, 0.717) is 26.5 Å². The number of hydrogen-bond donors (Lipinski definition) is 0.